The van der Waals surface area contributed by atoms with E-state index in [2.05, 4.69) is 0 Å². The van der Waals surface area contributed by atoms with Crippen LogP contribution in [0.2, 0.25) is 0 Å². The highest BCUT2D eigenvalue weighted by Gasteiger charge is 2.17. The average molecular weight is 218 g/mol. The summed E-state index contributed by atoms with van der Waals surface area (Å²) in [6.07, 6.45) is 3.75. The van der Waals surface area contributed by atoms with Gasteiger partial charge >= 0.3 is 0 Å². The molecule has 1 fully saturated rings. The molecular weight excluding hydrogens is 200 g/mol. The largest absolute Gasteiger partial charge is 0.399 e. The second-order valence-electron chi connectivity index (χ2n) is 4.29. The second-order valence-corrected chi connectivity index (χ2v) is 4.29. The molecule has 3 nitrogen and oxygen atoms in total. The van der Waals surface area contributed by atoms with Crippen LogP contribution in [0.3, 0.4) is 0 Å². The van der Waals surface area contributed by atoms with E-state index in [4.69, 9.17) is 5.73 Å². The topological polar surface area (TPSA) is 46.3 Å². The van der Waals surface area contributed by atoms with E-state index in [0.717, 1.165) is 43.6 Å². The summed E-state index contributed by atoms with van der Waals surface area (Å²) in [4.78, 5) is 13.5. The van der Waals surface area contributed by atoms with E-state index in [1.807, 2.05) is 29.2 Å². The summed E-state index contributed by atoms with van der Waals surface area (Å²) in [7, 11) is 0. The zero-order valence-corrected chi connectivity index (χ0v) is 9.48. The predicted octanol–water partition coefficient (Wildman–Crippen LogP) is 1.82. The molecule has 2 rings (SSSR count). The first-order valence-electron chi connectivity index (χ1n) is 5.88. The van der Waals surface area contributed by atoms with E-state index in [9.17, 15) is 4.79 Å². The molecule has 1 saturated heterocycles. The molecular formula is C13H18N2O. The average Bonchev–Trinajstić information content (AvgIpc) is 2.30. The van der Waals surface area contributed by atoms with E-state index < -0.39 is 0 Å². The molecule has 1 amide bonds. The summed E-state index contributed by atoms with van der Waals surface area (Å²) in [5, 5.41) is 0. The Labute approximate surface area is 96.2 Å². The highest BCUT2D eigenvalue weighted by molar-refractivity contribution is 5.76. The number of hydrogen-bond acceptors (Lipinski definition) is 2. The highest BCUT2D eigenvalue weighted by Crippen LogP contribution is 2.14. The Hall–Kier alpha value is -1.51. The van der Waals surface area contributed by atoms with Crippen molar-refractivity contribution in [3.63, 3.8) is 0 Å². The number of piperidine rings is 1. The van der Waals surface area contributed by atoms with Crippen LogP contribution in [0.1, 0.15) is 24.8 Å². The molecule has 1 aliphatic heterocycles. The molecule has 1 aromatic rings. The smallest absolute Gasteiger partial charge is 0.222 e. The van der Waals surface area contributed by atoms with Crippen LogP contribution in [0.25, 0.3) is 0 Å². The maximum atomic E-state index is 11.6. The fourth-order valence-electron chi connectivity index (χ4n) is 2.12. The third kappa shape index (κ3) is 2.54. The molecule has 0 spiro atoms. The lowest BCUT2D eigenvalue weighted by Crippen LogP contribution is -2.36. The number of nitrogen functional groups attached to an aromatic ring is 1. The van der Waals surface area contributed by atoms with Crippen molar-refractivity contribution in [1.82, 2.24) is 4.90 Å². The molecule has 0 radical (unpaired) electrons. The van der Waals surface area contributed by atoms with Crippen LogP contribution in [0.4, 0.5) is 5.69 Å². The highest BCUT2D eigenvalue weighted by atomic mass is 16.2. The van der Waals surface area contributed by atoms with Gasteiger partial charge in [0.1, 0.15) is 0 Å². The number of likely N-dealkylation sites (tertiary alicyclic amines) is 1. The Morgan fingerprint density at radius 1 is 1.25 bits per heavy atom. The molecule has 3 heteroatoms. The van der Waals surface area contributed by atoms with Crippen LogP contribution in [-0.2, 0) is 11.2 Å². The fourth-order valence-corrected chi connectivity index (χ4v) is 2.12. The van der Waals surface area contributed by atoms with Crippen LogP contribution >= 0.6 is 0 Å². The minimum atomic E-state index is 0.292. The molecule has 0 aliphatic carbocycles. The fraction of sp³-hybridized carbons (Fsp3) is 0.462. The molecule has 2 N–H and O–H groups in total. The monoisotopic (exact) mass is 218 g/mol. The molecule has 1 aromatic carbocycles. The maximum absolute atomic E-state index is 11.6. The van der Waals surface area contributed by atoms with Gasteiger partial charge < -0.3 is 10.6 Å². The van der Waals surface area contributed by atoms with Crippen LogP contribution in [0, 0.1) is 0 Å². The van der Waals surface area contributed by atoms with Gasteiger partial charge in [-0.2, -0.15) is 0 Å². The van der Waals surface area contributed by atoms with Crippen molar-refractivity contribution in [2.75, 3.05) is 18.8 Å². The molecule has 1 heterocycles. The zero-order chi connectivity index (χ0) is 11.4. The van der Waals surface area contributed by atoms with Crippen molar-refractivity contribution in [3.8, 4) is 0 Å². The first kappa shape index (κ1) is 11.0. The van der Waals surface area contributed by atoms with Gasteiger partial charge in [0.15, 0.2) is 0 Å². The molecule has 1 aliphatic rings. The van der Waals surface area contributed by atoms with Crippen molar-refractivity contribution in [3.05, 3.63) is 29.8 Å². The molecule has 0 saturated carbocycles. The lowest BCUT2D eigenvalue weighted by atomic mass is 10.1. The summed E-state index contributed by atoms with van der Waals surface area (Å²) in [5.74, 6) is 0.292. The summed E-state index contributed by atoms with van der Waals surface area (Å²) in [6, 6.07) is 7.87. The van der Waals surface area contributed by atoms with Crippen LogP contribution < -0.4 is 5.73 Å². The lowest BCUT2D eigenvalue weighted by molar-refractivity contribution is -0.133. The van der Waals surface area contributed by atoms with E-state index in [1.54, 1.807) is 0 Å². The number of nitrogens with two attached hydrogens (primary N) is 1. The maximum Gasteiger partial charge on any atom is 0.222 e. The van der Waals surface area contributed by atoms with Crippen molar-refractivity contribution in [2.45, 2.75) is 25.7 Å². The molecule has 16 heavy (non-hydrogen) atoms. The normalized spacial score (nSPS) is 16.5. The summed E-state index contributed by atoms with van der Waals surface area (Å²) in [5.41, 5.74) is 7.83. The first-order chi connectivity index (χ1) is 7.77. The summed E-state index contributed by atoms with van der Waals surface area (Å²) >= 11 is 0. The van der Waals surface area contributed by atoms with E-state index in [1.165, 1.54) is 0 Å². The second kappa shape index (κ2) is 5.01. The van der Waals surface area contributed by atoms with Gasteiger partial charge in [-0.1, -0.05) is 18.2 Å². The Bertz CT molecular complexity index is 376. The number of carbonyl (C=O) groups is 1. The molecule has 0 unspecified atom stereocenters. The minimum absolute atomic E-state index is 0.292. The van der Waals surface area contributed by atoms with E-state index in [-0.39, 0.29) is 0 Å². The van der Waals surface area contributed by atoms with Gasteiger partial charge in [-0.05, 0) is 30.9 Å². The molecule has 0 bridgehead atoms. The Morgan fingerprint density at radius 3 is 2.81 bits per heavy atom. The number of hydrogen-bond donors (Lipinski definition) is 1. The van der Waals surface area contributed by atoms with E-state index in [0.29, 0.717) is 12.3 Å². The van der Waals surface area contributed by atoms with Gasteiger partial charge in [0.05, 0.1) is 0 Å². The van der Waals surface area contributed by atoms with Crippen LogP contribution in [0.15, 0.2) is 24.3 Å². The number of benzene rings is 1. The van der Waals surface area contributed by atoms with Gasteiger partial charge in [-0.25, -0.2) is 0 Å². The predicted molar refractivity (Wildman–Crippen MR) is 65.0 cm³/mol. The number of para-hydroxylation sites is 1. The SMILES string of the molecule is Nc1ccccc1CCN1CCCCC1=O. The van der Waals surface area contributed by atoms with Gasteiger partial charge in [-0.3, -0.25) is 4.79 Å². The molecule has 0 aromatic heterocycles. The van der Waals surface area contributed by atoms with E-state index >= 15 is 0 Å². The van der Waals surface area contributed by atoms with Crippen molar-refractivity contribution >= 4 is 11.6 Å². The third-order valence-corrected chi connectivity index (χ3v) is 3.13. The number of rotatable bonds is 3. The standard InChI is InChI=1S/C13H18N2O/c14-12-6-2-1-5-11(12)8-10-15-9-4-3-7-13(15)16/h1-2,5-6H,3-4,7-10,14H2. The quantitative estimate of drug-likeness (QED) is 0.787. The number of amides is 1. The molecule has 0 atom stereocenters. The van der Waals surface area contributed by atoms with Crippen LogP contribution in [-0.4, -0.2) is 23.9 Å². The third-order valence-electron chi connectivity index (χ3n) is 3.13. The minimum Gasteiger partial charge on any atom is -0.399 e. The van der Waals surface area contributed by atoms with Crippen molar-refractivity contribution < 1.29 is 4.79 Å². The number of nitrogens with zero attached hydrogens (tertiary/aromatic N) is 1. The number of carbonyl (C=O) groups excluding carboxylic acids is 1. The Kier molecular flexibility index (Phi) is 3.44. The van der Waals surface area contributed by atoms with Gasteiger partial charge in [-0.15, -0.1) is 0 Å². The van der Waals surface area contributed by atoms with Gasteiger partial charge in [0.25, 0.3) is 0 Å². The summed E-state index contributed by atoms with van der Waals surface area (Å²) in [6.45, 7) is 1.71. The van der Waals surface area contributed by atoms with Crippen molar-refractivity contribution in [1.29, 1.82) is 0 Å². The Morgan fingerprint density at radius 2 is 2.06 bits per heavy atom. The Balaban J connectivity index is 1.92. The molecule has 86 valence electrons. The van der Waals surface area contributed by atoms with Crippen LogP contribution in [0.5, 0.6) is 0 Å². The van der Waals surface area contributed by atoms with Gasteiger partial charge in [0.2, 0.25) is 5.91 Å². The number of anilines is 1. The van der Waals surface area contributed by atoms with Gasteiger partial charge in [0, 0.05) is 25.2 Å². The lowest BCUT2D eigenvalue weighted by Gasteiger charge is -2.26. The summed E-state index contributed by atoms with van der Waals surface area (Å²) < 4.78 is 0. The first-order valence-corrected chi connectivity index (χ1v) is 5.88. The van der Waals surface area contributed by atoms with Crippen molar-refractivity contribution in [2.24, 2.45) is 0 Å². The zero-order valence-electron chi connectivity index (χ0n) is 9.48.